The van der Waals surface area contributed by atoms with Crippen molar-refractivity contribution >= 4 is 0 Å². The summed E-state index contributed by atoms with van der Waals surface area (Å²) in [7, 11) is 0. The molecule has 0 amide bonds. The zero-order valence-corrected chi connectivity index (χ0v) is 7.17. The SMILES string of the molecule is CCC1=CCC=C2OCOC2=C1. The van der Waals surface area contributed by atoms with Crippen LogP contribution in [0.25, 0.3) is 0 Å². The minimum absolute atomic E-state index is 0.370. The summed E-state index contributed by atoms with van der Waals surface area (Å²) < 4.78 is 10.6. The van der Waals surface area contributed by atoms with E-state index < -0.39 is 0 Å². The Bertz CT molecular complexity index is 272. The van der Waals surface area contributed by atoms with Crippen molar-refractivity contribution in [2.75, 3.05) is 6.79 Å². The van der Waals surface area contributed by atoms with Gasteiger partial charge in [0, 0.05) is 0 Å². The first-order valence-corrected chi connectivity index (χ1v) is 4.27. The van der Waals surface area contributed by atoms with Gasteiger partial charge in [0.15, 0.2) is 11.5 Å². The highest BCUT2D eigenvalue weighted by Crippen LogP contribution is 2.26. The molecule has 2 aliphatic rings. The average molecular weight is 164 g/mol. The predicted octanol–water partition coefficient (Wildman–Crippen LogP) is 2.50. The quantitative estimate of drug-likeness (QED) is 0.592. The third kappa shape index (κ3) is 1.24. The number of rotatable bonds is 1. The van der Waals surface area contributed by atoms with Crippen molar-refractivity contribution in [1.29, 1.82) is 0 Å². The molecule has 1 aliphatic heterocycles. The van der Waals surface area contributed by atoms with E-state index in [2.05, 4.69) is 25.2 Å². The van der Waals surface area contributed by atoms with Gasteiger partial charge in [0.05, 0.1) is 0 Å². The summed E-state index contributed by atoms with van der Waals surface area (Å²) >= 11 is 0. The lowest BCUT2D eigenvalue weighted by Crippen LogP contribution is -1.82. The molecule has 1 heterocycles. The zero-order chi connectivity index (χ0) is 8.39. The van der Waals surface area contributed by atoms with Gasteiger partial charge in [0.25, 0.3) is 0 Å². The molecule has 0 radical (unpaired) electrons. The van der Waals surface area contributed by atoms with E-state index in [1.165, 1.54) is 5.57 Å². The van der Waals surface area contributed by atoms with Gasteiger partial charge in [-0.2, -0.15) is 0 Å². The lowest BCUT2D eigenvalue weighted by molar-refractivity contribution is 0.0974. The van der Waals surface area contributed by atoms with Crippen LogP contribution in [0.15, 0.2) is 35.3 Å². The van der Waals surface area contributed by atoms with Crippen LogP contribution in [0.1, 0.15) is 19.8 Å². The second-order valence-corrected chi connectivity index (χ2v) is 2.85. The largest absolute Gasteiger partial charge is 0.454 e. The molecule has 1 aliphatic carbocycles. The second-order valence-electron chi connectivity index (χ2n) is 2.85. The Morgan fingerprint density at radius 1 is 1.25 bits per heavy atom. The lowest BCUT2D eigenvalue weighted by atomic mass is 10.2. The molecular formula is C10H12O2. The molecular weight excluding hydrogens is 152 g/mol. The van der Waals surface area contributed by atoms with E-state index in [1.54, 1.807) is 0 Å². The van der Waals surface area contributed by atoms with Crippen LogP contribution >= 0.6 is 0 Å². The third-order valence-electron chi connectivity index (χ3n) is 2.08. The Hall–Kier alpha value is -1.18. The molecule has 0 aromatic heterocycles. The Balaban J connectivity index is 2.28. The molecule has 64 valence electrons. The molecule has 0 N–H and O–H groups in total. The first kappa shape index (κ1) is 7.47. The molecule has 2 heteroatoms. The average Bonchev–Trinajstić information content (AvgIpc) is 2.43. The second kappa shape index (κ2) is 3.05. The van der Waals surface area contributed by atoms with Gasteiger partial charge in [-0.15, -0.1) is 0 Å². The van der Waals surface area contributed by atoms with E-state index in [4.69, 9.17) is 9.47 Å². The van der Waals surface area contributed by atoms with Crippen molar-refractivity contribution in [3.05, 3.63) is 35.3 Å². The van der Waals surface area contributed by atoms with E-state index in [0.29, 0.717) is 6.79 Å². The van der Waals surface area contributed by atoms with Crippen LogP contribution in [-0.2, 0) is 9.47 Å². The maximum Gasteiger partial charge on any atom is 0.231 e. The van der Waals surface area contributed by atoms with Crippen molar-refractivity contribution < 1.29 is 9.47 Å². The summed E-state index contributed by atoms with van der Waals surface area (Å²) in [5.74, 6) is 1.79. The van der Waals surface area contributed by atoms with Gasteiger partial charge < -0.3 is 9.47 Å². The number of hydrogen-bond acceptors (Lipinski definition) is 2. The van der Waals surface area contributed by atoms with Crippen molar-refractivity contribution in [1.82, 2.24) is 0 Å². The van der Waals surface area contributed by atoms with Crippen LogP contribution in [0.4, 0.5) is 0 Å². The summed E-state index contributed by atoms with van der Waals surface area (Å²) in [6.07, 6.45) is 8.31. The summed E-state index contributed by atoms with van der Waals surface area (Å²) in [4.78, 5) is 0. The molecule has 1 saturated heterocycles. The molecule has 2 nitrogen and oxygen atoms in total. The Labute approximate surface area is 72.2 Å². The van der Waals surface area contributed by atoms with Crippen LogP contribution in [0, 0.1) is 0 Å². The van der Waals surface area contributed by atoms with E-state index >= 15 is 0 Å². The van der Waals surface area contributed by atoms with E-state index in [1.807, 2.05) is 0 Å². The molecule has 2 rings (SSSR count). The number of fused-ring (bicyclic) bond motifs is 1. The van der Waals surface area contributed by atoms with Crippen LogP contribution in [0.2, 0.25) is 0 Å². The van der Waals surface area contributed by atoms with E-state index in [-0.39, 0.29) is 0 Å². The maximum atomic E-state index is 5.30. The van der Waals surface area contributed by atoms with Gasteiger partial charge in [-0.05, 0) is 30.6 Å². The van der Waals surface area contributed by atoms with Gasteiger partial charge in [0.1, 0.15) is 0 Å². The minimum atomic E-state index is 0.370. The van der Waals surface area contributed by atoms with Crippen molar-refractivity contribution in [2.24, 2.45) is 0 Å². The third-order valence-corrected chi connectivity index (χ3v) is 2.08. The van der Waals surface area contributed by atoms with Crippen molar-refractivity contribution in [3.8, 4) is 0 Å². The predicted molar refractivity (Wildman–Crippen MR) is 46.2 cm³/mol. The van der Waals surface area contributed by atoms with Gasteiger partial charge in [-0.25, -0.2) is 0 Å². The molecule has 0 aromatic carbocycles. The highest BCUT2D eigenvalue weighted by atomic mass is 16.7. The standard InChI is InChI=1S/C10H12O2/c1-2-8-4-3-5-9-10(6-8)12-7-11-9/h4-6H,2-3,7H2,1H3. The molecule has 0 saturated carbocycles. The highest BCUT2D eigenvalue weighted by Gasteiger charge is 2.17. The van der Waals surface area contributed by atoms with Gasteiger partial charge in [0.2, 0.25) is 6.79 Å². The first-order chi connectivity index (χ1) is 5.90. The van der Waals surface area contributed by atoms with Crippen molar-refractivity contribution in [3.63, 3.8) is 0 Å². The summed E-state index contributed by atoms with van der Waals surface area (Å²) in [5.41, 5.74) is 1.32. The van der Waals surface area contributed by atoms with Gasteiger partial charge in [-0.3, -0.25) is 0 Å². The monoisotopic (exact) mass is 164 g/mol. The fourth-order valence-electron chi connectivity index (χ4n) is 1.36. The maximum absolute atomic E-state index is 5.30. The summed E-state index contributed by atoms with van der Waals surface area (Å²) in [6, 6.07) is 0. The summed E-state index contributed by atoms with van der Waals surface area (Å²) in [5, 5.41) is 0. The Morgan fingerprint density at radius 3 is 2.92 bits per heavy atom. The smallest absolute Gasteiger partial charge is 0.231 e. The molecule has 0 unspecified atom stereocenters. The zero-order valence-electron chi connectivity index (χ0n) is 7.17. The van der Waals surface area contributed by atoms with Crippen LogP contribution in [-0.4, -0.2) is 6.79 Å². The topological polar surface area (TPSA) is 18.5 Å². The molecule has 0 bridgehead atoms. The Morgan fingerprint density at radius 2 is 2.08 bits per heavy atom. The molecule has 0 atom stereocenters. The summed E-state index contributed by atoms with van der Waals surface area (Å²) in [6.45, 7) is 2.51. The van der Waals surface area contributed by atoms with Crippen LogP contribution < -0.4 is 0 Å². The fraction of sp³-hybridized carbons (Fsp3) is 0.400. The highest BCUT2D eigenvalue weighted by molar-refractivity contribution is 5.34. The number of hydrogen-bond donors (Lipinski definition) is 0. The van der Waals surface area contributed by atoms with Gasteiger partial charge >= 0.3 is 0 Å². The lowest BCUT2D eigenvalue weighted by Gasteiger charge is -1.95. The van der Waals surface area contributed by atoms with Crippen molar-refractivity contribution in [2.45, 2.75) is 19.8 Å². The minimum Gasteiger partial charge on any atom is -0.454 e. The molecule has 0 aromatic rings. The van der Waals surface area contributed by atoms with Crippen LogP contribution in [0.3, 0.4) is 0 Å². The molecule has 0 spiro atoms. The van der Waals surface area contributed by atoms with Gasteiger partial charge in [-0.1, -0.05) is 13.0 Å². The van der Waals surface area contributed by atoms with E-state index in [0.717, 1.165) is 24.4 Å². The first-order valence-electron chi connectivity index (χ1n) is 4.27. The number of allylic oxidation sites excluding steroid dienone is 4. The molecule has 12 heavy (non-hydrogen) atoms. The molecule has 1 fully saturated rings. The fourth-order valence-corrected chi connectivity index (χ4v) is 1.36. The van der Waals surface area contributed by atoms with E-state index in [9.17, 15) is 0 Å². The normalized spacial score (nSPS) is 20.9. The Kier molecular flexibility index (Phi) is 1.90. The van der Waals surface area contributed by atoms with Crippen LogP contribution in [0.5, 0.6) is 0 Å². The number of ether oxygens (including phenoxy) is 2.